The zero-order valence-corrected chi connectivity index (χ0v) is 12.1. The second-order valence-corrected chi connectivity index (χ2v) is 5.30. The first-order valence-electron chi connectivity index (χ1n) is 6.13. The molecule has 6 nitrogen and oxygen atoms in total. The fourth-order valence-electron chi connectivity index (χ4n) is 1.61. The topological polar surface area (TPSA) is 75.8 Å². The number of nitro benzene ring substituents is 1. The Kier molecular flexibility index (Phi) is 4.78. The van der Waals surface area contributed by atoms with Crippen molar-refractivity contribution < 1.29 is 9.72 Å². The fourth-order valence-corrected chi connectivity index (χ4v) is 2.31. The summed E-state index contributed by atoms with van der Waals surface area (Å²) in [6.45, 7) is 0. The van der Waals surface area contributed by atoms with Gasteiger partial charge in [0.15, 0.2) is 0 Å². The Bertz CT molecular complexity index is 668. The van der Waals surface area contributed by atoms with Crippen LogP contribution in [0.15, 0.2) is 46.9 Å². The van der Waals surface area contributed by atoms with Crippen molar-refractivity contribution in [2.75, 3.05) is 7.05 Å². The lowest BCUT2D eigenvalue weighted by molar-refractivity contribution is -0.384. The number of nitrogens with zero attached hydrogens (tertiary/aromatic N) is 3. The molecule has 108 valence electrons. The van der Waals surface area contributed by atoms with Gasteiger partial charge in [0.1, 0.15) is 0 Å². The maximum Gasteiger partial charge on any atom is 0.270 e. The van der Waals surface area contributed by atoms with Gasteiger partial charge in [0, 0.05) is 29.6 Å². The van der Waals surface area contributed by atoms with E-state index >= 15 is 0 Å². The lowest BCUT2D eigenvalue weighted by atomic mass is 10.2. The molecule has 7 heteroatoms. The Balaban J connectivity index is 2.01. The summed E-state index contributed by atoms with van der Waals surface area (Å²) in [7, 11) is 1.56. The van der Waals surface area contributed by atoms with Crippen LogP contribution in [0.4, 0.5) is 5.69 Å². The standard InChI is InChI=1S/C14H13N3O3S/c1-16(14(18)9-13-6-3-7-21-13)15-10-11-4-2-5-12(8-11)17(19)20/h2-8,10H,9H2,1H3/b15-10+. The van der Waals surface area contributed by atoms with Gasteiger partial charge in [0.25, 0.3) is 5.69 Å². The molecule has 0 aliphatic heterocycles. The van der Waals surface area contributed by atoms with Crippen LogP contribution in [-0.4, -0.2) is 29.1 Å². The SMILES string of the molecule is CN(/N=C/c1cccc([N+](=O)[O-])c1)C(=O)Cc1cccs1. The zero-order valence-electron chi connectivity index (χ0n) is 11.3. The molecule has 1 heterocycles. The van der Waals surface area contributed by atoms with Crippen LogP contribution in [0.25, 0.3) is 0 Å². The first-order chi connectivity index (χ1) is 10.1. The number of hydrogen-bond acceptors (Lipinski definition) is 5. The number of nitro groups is 1. The monoisotopic (exact) mass is 303 g/mol. The van der Waals surface area contributed by atoms with E-state index in [4.69, 9.17) is 0 Å². The molecule has 1 amide bonds. The molecule has 0 radical (unpaired) electrons. The lowest BCUT2D eigenvalue weighted by Crippen LogP contribution is -2.22. The molecule has 0 atom stereocenters. The van der Waals surface area contributed by atoms with Crippen molar-refractivity contribution in [3.05, 3.63) is 62.3 Å². The maximum atomic E-state index is 11.9. The summed E-state index contributed by atoms with van der Waals surface area (Å²) in [5, 5.41) is 17.8. The average molecular weight is 303 g/mol. The summed E-state index contributed by atoms with van der Waals surface area (Å²) in [5.74, 6) is -0.140. The van der Waals surface area contributed by atoms with E-state index in [9.17, 15) is 14.9 Å². The lowest BCUT2D eigenvalue weighted by Gasteiger charge is -2.09. The van der Waals surface area contributed by atoms with E-state index in [-0.39, 0.29) is 11.6 Å². The number of carbonyl (C=O) groups is 1. The van der Waals surface area contributed by atoms with Crippen molar-refractivity contribution >= 4 is 29.1 Å². The molecule has 0 bridgehead atoms. The highest BCUT2D eigenvalue weighted by Gasteiger charge is 2.09. The first-order valence-corrected chi connectivity index (χ1v) is 7.01. The summed E-state index contributed by atoms with van der Waals surface area (Å²) in [6, 6.07) is 9.85. The van der Waals surface area contributed by atoms with E-state index in [1.54, 1.807) is 19.2 Å². The van der Waals surface area contributed by atoms with E-state index in [1.165, 1.54) is 34.7 Å². The Labute approximate surface area is 125 Å². The number of hydrazone groups is 1. The molecule has 0 aliphatic carbocycles. The third kappa shape index (κ3) is 4.22. The largest absolute Gasteiger partial charge is 0.273 e. The minimum absolute atomic E-state index is 0.00786. The molecule has 0 unspecified atom stereocenters. The van der Waals surface area contributed by atoms with Crippen molar-refractivity contribution in [3.8, 4) is 0 Å². The molecule has 21 heavy (non-hydrogen) atoms. The summed E-state index contributed by atoms with van der Waals surface area (Å²) in [5.41, 5.74) is 0.562. The number of rotatable bonds is 5. The van der Waals surface area contributed by atoms with Gasteiger partial charge < -0.3 is 0 Å². The molecule has 1 aromatic heterocycles. The fraction of sp³-hybridized carbons (Fsp3) is 0.143. The van der Waals surface area contributed by atoms with Crippen LogP contribution in [-0.2, 0) is 11.2 Å². The number of likely N-dealkylation sites (N-methyl/N-ethyl adjacent to an activating group) is 1. The third-order valence-corrected chi connectivity index (χ3v) is 3.60. The van der Waals surface area contributed by atoms with Gasteiger partial charge in [-0.05, 0) is 11.4 Å². The molecule has 0 saturated carbocycles. The second-order valence-electron chi connectivity index (χ2n) is 4.27. The molecule has 2 aromatic rings. The second kappa shape index (κ2) is 6.76. The van der Waals surface area contributed by atoms with Crippen LogP contribution in [0.5, 0.6) is 0 Å². The van der Waals surface area contributed by atoms with Crippen LogP contribution in [0.2, 0.25) is 0 Å². The number of amides is 1. The van der Waals surface area contributed by atoms with Crippen molar-refractivity contribution in [1.29, 1.82) is 0 Å². The molecule has 1 aromatic carbocycles. The van der Waals surface area contributed by atoms with Crippen molar-refractivity contribution in [2.24, 2.45) is 5.10 Å². The number of thiophene rings is 1. The van der Waals surface area contributed by atoms with Gasteiger partial charge in [0.2, 0.25) is 5.91 Å². The van der Waals surface area contributed by atoms with Gasteiger partial charge in [-0.1, -0.05) is 18.2 Å². The number of benzene rings is 1. The van der Waals surface area contributed by atoms with Crippen LogP contribution in [0.3, 0.4) is 0 Å². The summed E-state index contributed by atoms with van der Waals surface area (Å²) in [6.07, 6.45) is 1.72. The van der Waals surface area contributed by atoms with Gasteiger partial charge in [-0.25, -0.2) is 5.01 Å². The highest BCUT2D eigenvalue weighted by atomic mass is 32.1. The van der Waals surface area contributed by atoms with Crippen molar-refractivity contribution in [3.63, 3.8) is 0 Å². The summed E-state index contributed by atoms with van der Waals surface area (Å²) in [4.78, 5) is 23.1. The minimum Gasteiger partial charge on any atom is -0.273 e. The molecule has 0 N–H and O–H groups in total. The Hall–Kier alpha value is -2.54. The minimum atomic E-state index is -0.469. The van der Waals surface area contributed by atoms with Crippen LogP contribution in [0, 0.1) is 10.1 Å². The quantitative estimate of drug-likeness (QED) is 0.484. The smallest absolute Gasteiger partial charge is 0.270 e. The number of non-ortho nitro benzene ring substituents is 1. The normalized spacial score (nSPS) is 10.7. The molecule has 0 saturated heterocycles. The zero-order chi connectivity index (χ0) is 15.2. The van der Waals surface area contributed by atoms with Gasteiger partial charge in [-0.2, -0.15) is 5.10 Å². The maximum absolute atomic E-state index is 11.9. The van der Waals surface area contributed by atoms with Gasteiger partial charge in [0.05, 0.1) is 17.6 Å². The number of hydrogen-bond donors (Lipinski definition) is 0. The Morgan fingerprint density at radius 3 is 2.90 bits per heavy atom. The van der Waals surface area contributed by atoms with Gasteiger partial charge in [-0.15, -0.1) is 11.3 Å². The Morgan fingerprint density at radius 1 is 1.43 bits per heavy atom. The summed E-state index contributed by atoms with van der Waals surface area (Å²) < 4.78 is 0. The van der Waals surface area contributed by atoms with Gasteiger partial charge in [-0.3, -0.25) is 14.9 Å². The van der Waals surface area contributed by atoms with E-state index in [0.717, 1.165) is 4.88 Å². The molecule has 0 spiro atoms. The highest BCUT2D eigenvalue weighted by molar-refractivity contribution is 7.10. The third-order valence-electron chi connectivity index (χ3n) is 2.73. The molecule has 0 aliphatic rings. The number of carbonyl (C=O) groups excluding carboxylic acids is 1. The molecule has 2 rings (SSSR count). The van der Waals surface area contributed by atoms with Crippen molar-refractivity contribution in [2.45, 2.75) is 6.42 Å². The highest BCUT2D eigenvalue weighted by Crippen LogP contribution is 2.12. The molecule has 0 fully saturated rings. The predicted octanol–water partition coefficient (Wildman–Crippen LogP) is 2.69. The van der Waals surface area contributed by atoms with E-state index in [0.29, 0.717) is 12.0 Å². The molecular weight excluding hydrogens is 290 g/mol. The van der Waals surface area contributed by atoms with Crippen LogP contribution >= 0.6 is 11.3 Å². The average Bonchev–Trinajstić information content (AvgIpc) is 2.97. The van der Waals surface area contributed by atoms with Crippen molar-refractivity contribution in [1.82, 2.24) is 5.01 Å². The van der Waals surface area contributed by atoms with Crippen LogP contribution < -0.4 is 0 Å². The molecular formula is C14H13N3O3S. The van der Waals surface area contributed by atoms with Crippen LogP contribution in [0.1, 0.15) is 10.4 Å². The predicted molar refractivity (Wildman–Crippen MR) is 81.5 cm³/mol. The van der Waals surface area contributed by atoms with E-state index in [1.807, 2.05) is 17.5 Å². The van der Waals surface area contributed by atoms with Gasteiger partial charge >= 0.3 is 0 Å². The van der Waals surface area contributed by atoms with E-state index in [2.05, 4.69) is 5.10 Å². The summed E-state index contributed by atoms with van der Waals surface area (Å²) >= 11 is 1.51. The first kappa shape index (κ1) is 14.9. The van der Waals surface area contributed by atoms with E-state index < -0.39 is 4.92 Å². The Morgan fingerprint density at radius 2 is 2.24 bits per heavy atom.